The monoisotopic (exact) mass is 409 g/mol. The van der Waals surface area contributed by atoms with Crippen LogP contribution in [0.4, 0.5) is 4.79 Å². The number of carbonyl (C=O) groups is 3. The van der Waals surface area contributed by atoms with E-state index in [0.717, 1.165) is 25.9 Å². The standard InChI is InChI=1S/C20H35N5O4/c26-18(6-7-21-20(28)22-17-4-2-1-3-5-17)24-8-10-25(11-9-24)19(27)16-23-12-14-29-15-13-23/h17H,1-16H2,(H2,21,22,28). The van der Waals surface area contributed by atoms with Crippen molar-refractivity contribution < 1.29 is 19.1 Å². The molecule has 4 amide bonds. The molecule has 0 aromatic carbocycles. The fourth-order valence-corrected chi connectivity index (χ4v) is 4.18. The summed E-state index contributed by atoms with van der Waals surface area (Å²) in [5, 5.41) is 5.79. The smallest absolute Gasteiger partial charge is 0.315 e. The lowest BCUT2D eigenvalue weighted by molar-refractivity contribution is -0.140. The molecule has 1 aliphatic carbocycles. The Bertz CT molecular complexity index is 553. The maximum absolute atomic E-state index is 12.4. The molecule has 0 aromatic heterocycles. The summed E-state index contributed by atoms with van der Waals surface area (Å²) >= 11 is 0. The van der Waals surface area contributed by atoms with Crippen LogP contribution in [0.15, 0.2) is 0 Å². The number of morpholine rings is 1. The first-order chi connectivity index (χ1) is 14.1. The molecular formula is C20H35N5O4. The largest absolute Gasteiger partial charge is 0.379 e. The van der Waals surface area contributed by atoms with E-state index in [4.69, 9.17) is 4.74 Å². The van der Waals surface area contributed by atoms with Crippen LogP contribution in [0.3, 0.4) is 0 Å². The average Bonchev–Trinajstić information content (AvgIpc) is 2.75. The number of urea groups is 1. The summed E-state index contributed by atoms with van der Waals surface area (Å²) in [4.78, 5) is 42.5. The lowest BCUT2D eigenvalue weighted by Crippen LogP contribution is -2.53. The number of nitrogens with one attached hydrogen (secondary N) is 2. The van der Waals surface area contributed by atoms with Crippen LogP contribution in [0, 0.1) is 0 Å². The Kier molecular flexibility index (Phi) is 8.54. The third-order valence-corrected chi connectivity index (χ3v) is 6.01. The van der Waals surface area contributed by atoms with Crippen LogP contribution in [-0.4, -0.2) is 104 Å². The van der Waals surface area contributed by atoms with E-state index in [1.54, 1.807) is 4.90 Å². The zero-order valence-corrected chi connectivity index (χ0v) is 17.4. The van der Waals surface area contributed by atoms with E-state index >= 15 is 0 Å². The van der Waals surface area contributed by atoms with Crippen LogP contribution in [-0.2, 0) is 14.3 Å². The minimum Gasteiger partial charge on any atom is -0.379 e. The van der Waals surface area contributed by atoms with Gasteiger partial charge < -0.3 is 25.2 Å². The van der Waals surface area contributed by atoms with Crippen molar-refractivity contribution in [2.24, 2.45) is 0 Å². The minimum atomic E-state index is -0.178. The molecule has 29 heavy (non-hydrogen) atoms. The Hall–Kier alpha value is -1.87. The SMILES string of the molecule is O=C(NCCC(=O)N1CCN(C(=O)CN2CCOCC2)CC1)NC1CCCCC1. The highest BCUT2D eigenvalue weighted by atomic mass is 16.5. The predicted molar refractivity (Wildman–Crippen MR) is 108 cm³/mol. The van der Waals surface area contributed by atoms with Gasteiger partial charge in [0.25, 0.3) is 0 Å². The molecule has 0 radical (unpaired) electrons. The quantitative estimate of drug-likeness (QED) is 0.645. The van der Waals surface area contributed by atoms with Gasteiger partial charge in [-0.05, 0) is 12.8 Å². The highest BCUT2D eigenvalue weighted by molar-refractivity contribution is 5.80. The van der Waals surface area contributed by atoms with Crippen molar-refractivity contribution in [2.45, 2.75) is 44.6 Å². The first-order valence-corrected chi connectivity index (χ1v) is 11.0. The van der Waals surface area contributed by atoms with Crippen LogP contribution >= 0.6 is 0 Å². The maximum Gasteiger partial charge on any atom is 0.315 e. The van der Waals surface area contributed by atoms with Gasteiger partial charge in [-0.1, -0.05) is 19.3 Å². The number of rotatable bonds is 6. The Morgan fingerprint density at radius 1 is 0.828 bits per heavy atom. The molecule has 0 unspecified atom stereocenters. The minimum absolute atomic E-state index is 0.0308. The van der Waals surface area contributed by atoms with E-state index in [-0.39, 0.29) is 23.9 Å². The van der Waals surface area contributed by atoms with Gasteiger partial charge >= 0.3 is 6.03 Å². The number of nitrogens with zero attached hydrogens (tertiary/aromatic N) is 3. The zero-order valence-electron chi connectivity index (χ0n) is 17.4. The van der Waals surface area contributed by atoms with Crippen molar-refractivity contribution in [3.05, 3.63) is 0 Å². The van der Waals surface area contributed by atoms with Crippen molar-refractivity contribution >= 4 is 17.8 Å². The number of ether oxygens (including phenoxy) is 1. The summed E-state index contributed by atoms with van der Waals surface area (Å²) in [5.74, 6) is 0.156. The van der Waals surface area contributed by atoms with E-state index in [0.29, 0.717) is 58.9 Å². The maximum atomic E-state index is 12.4. The summed E-state index contributed by atoms with van der Waals surface area (Å²) in [5.41, 5.74) is 0. The van der Waals surface area contributed by atoms with Gasteiger partial charge in [0.1, 0.15) is 0 Å². The van der Waals surface area contributed by atoms with Crippen LogP contribution in [0.1, 0.15) is 38.5 Å². The molecule has 2 heterocycles. The molecule has 0 aromatic rings. The normalized spacial score (nSPS) is 21.7. The second-order valence-electron chi connectivity index (χ2n) is 8.14. The molecule has 9 nitrogen and oxygen atoms in total. The Morgan fingerprint density at radius 3 is 2.10 bits per heavy atom. The highest BCUT2D eigenvalue weighted by Gasteiger charge is 2.25. The first kappa shape index (κ1) is 21.8. The topological polar surface area (TPSA) is 94.2 Å². The van der Waals surface area contributed by atoms with Gasteiger partial charge in [0.2, 0.25) is 11.8 Å². The molecule has 0 bridgehead atoms. The summed E-state index contributed by atoms with van der Waals surface area (Å²) < 4.78 is 5.31. The number of piperazine rings is 1. The van der Waals surface area contributed by atoms with E-state index in [9.17, 15) is 14.4 Å². The molecule has 3 aliphatic rings. The first-order valence-electron chi connectivity index (χ1n) is 11.0. The van der Waals surface area contributed by atoms with Gasteiger partial charge in [-0.15, -0.1) is 0 Å². The molecule has 3 rings (SSSR count). The fraction of sp³-hybridized carbons (Fsp3) is 0.850. The third-order valence-electron chi connectivity index (χ3n) is 6.01. The van der Waals surface area contributed by atoms with Gasteiger partial charge in [0.05, 0.1) is 19.8 Å². The van der Waals surface area contributed by atoms with E-state index in [2.05, 4.69) is 15.5 Å². The molecule has 2 N–H and O–H groups in total. The van der Waals surface area contributed by atoms with E-state index < -0.39 is 0 Å². The lowest BCUT2D eigenvalue weighted by atomic mass is 9.96. The van der Waals surface area contributed by atoms with Crippen molar-refractivity contribution in [3.8, 4) is 0 Å². The molecule has 1 saturated carbocycles. The Morgan fingerprint density at radius 2 is 1.45 bits per heavy atom. The molecular weight excluding hydrogens is 374 g/mol. The van der Waals surface area contributed by atoms with Crippen molar-refractivity contribution in [1.82, 2.24) is 25.3 Å². The number of amides is 4. The molecule has 9 heteroatoms. The van der Waals surface area contributed by atoms with Gasteiger partial charge in [-0.2, -0.15) is 0 Å². The van der Waals surface area contributed by atoms with Gasteiger partial charge in [0, 0.05) is 58.3 Å². The number of hydrogen-bond donors (Lipinski definition) is 2. The lowest BCUT2D eigenvalue weighted by Gasteiger charge is -2.36. The molecule has 0 spiro atoms. The summed E-state index contributed by atoms with van der Waals surface area (Å²) in [6.07, 6.45) is 5.97. The van der Waals surface area contributed by atoms with Crippen LogP contribution in [0.5, 0.6) is 0 Å². The number of carbonyl (C=O) groups excluding carboxylic acids is 3. The molecule has 0 atom stereocenters. The second-order valence-corrected chi connectivity index (χ2v) is 8.14. The van der Waals surface area contributed by atoms with E-state index in [1.165, 1.54) is 19.3 Å². The molecule has 3 fully saturated rings. The zero-order chi connectivity index (χ0) is 20.5. The number of hydrogen-bond acceptors (Lipinski definition) is 5. The van der Waals surface area contributed by atoms with Crippen molar-refractivity contribution in [1.29, 1.82) is 0 Å². The van der Waals surface area contributed by atoms with Crippen LogP contribution in [0.25, 0.3) is 0 Å². The van der Waals surface area contributed by atoms with Gasteiger partial charge in [-0.25, -0.2) is 4.79 Å². The second kappa shape index (κ2) is 11.3. The van der Waals surface area contributed by atoms with Gasteiger partial charge in [-0.3, -0.25) is 14.5 Å². The summed E-state index contributed by atoms with van der Waals surface area (Å²) in [7, 11) is 0. The van der Waals surface area contributed by atoms with Crippen LogP contribution in [0.2, 0.25) is 0 Å². The third kappa shape index (κ3) is 7.15. The Labute approximate surface area is 173 Å². The van der Waals surface area contributed by atoms with Crippen molar-refractivity contribution in [3.63, 3.8) is 0 Å². The summed E-state index contributed by atoms with van der Waals surface area (Å²) in [6, 6.07) is 0.0887. The van der Waals surface area contributed by atoms with Gasteiger partial charge in [0.15, 0.2) is 0 Å². The van der Waals surface area contributed by atoms with Crippen LogP contribution < -0.4 is 10.6 Å². The average molecular weight is 410 g/mol. The Balaban J connectivity index is 1.28. The summed E-state index contributed by atoms with van der Waals surface area (Å²) in [6.45, 7) is 5.99. The highest BCUT2D eigenvalue weighted by Crippen LogP contribution is 2.17. The molecule has 2 aliphatic heterocycles. The predicted octanol–water partition coefficient (Wildman–Crippen LogP) is 0.0114. The fourth-order valence-electron chi connectivity index (χ4n) is 4.18. The molecule has 2 saturated heterocycles. The van der Waals surface area contributed by atoms with E-state index in [1.807, 2.05) is 4.90 Å². The van der Waals surface area contributed by atoms with Crippen molar-refractivity contribution in [2.75, 3.05) is 65.6 Å². The molecule has 164 valence electrons.